The lowest BCUT2D eigenvalue weighted by molar-refractivity contribution is -0.142. The third-order valence-corrected chi connectivity index (χ3v) is 7.20. The van der Waals surface area contributed by atoms with Crippen molar-refractivity contribution in [2.75, 3.05) is 32.8 Å². The number of hydrogen-bond donors (Lipinski definition) is 1. The normalized spacial score (nSPS) is 10.7. The molecule has 0 fully saturated rings. The van der Waals surface area contributed by atoms with Crippen LogP contribution in [0.4, 0.5) is 5.13 Å². The van der Waals surface area contributed by atoms with Crippen LogP contribution in [0.5, 0.6) is 11.5 Å². The number of aromatic nitrogens is 3. The van der Waals surface area contributed by atoms with Gasteiger partial charge in [-0.1, -0.05) is 0 Å². The molecule has 0 saturated heterocycles. The highest BCUT2D eigenvalue weighted by Gasteiger charge is 2.17. The van der Waals surface area contributed by atoms with E-state index in [1.807, 2.05) is 48.5 Å². The SMILES string of the molecule is CCOC(=O)Cc1csc(NC(=O)COC(=O)c2ccc3nc(-c4ccc(OC)cc4)c(-c4ccc(OC)cc4)nc3c2)n1. The van der Waals surface area contributed by atoms with Crippen molar-refractivity contribution in [2.24, 2.45) is 0 Å². The first-order valence-corrected chi connectivity index (χ1v) is 14.4. The van der Waals surface area contributed by atoms with E-state index in [9.17, 15) is 14.4 Å². The van der Waals surface area contributed by atoms with E-state index in [0.717, 1.165) is 28.2 Å². The fourth-order valence-corrected chi connectivity index (χ4v) is 4.98. The Hall–Kier alpha value is -5.36. The number of methoxy groups -OCH3 is 2. The molecule has 0 radical (unpaired) electrons. The predicted molar refractivity (Wildman–Crippen MR) is 165 cm³/mol. The molecule has 0 saturated carbocycles. The van der Waals surface area contributed by atoms with Gasteiger partial charge in [0.25, 0.3) is 5.91 Å². The average Bonchev–Trinajstić information content (AvgIpc) is 3.48. The first-order valence-electron chi connectivity index (χ1n) is 13.5. The first kappa shape index (κ1) is 30.1. The standard InChI is InChI=1S/C32H28N4O7S/c1-4-42-28(38)16-22-18-44-32(33-22)36-27(37)17-43-31(39)21-9-14-25-26(15-21)35-30(20-7-12-24(41-3)13-8-20)29(34-25)19-5-10-23(40-2)11-6-19/h5-15,18H,4,16-17H2,1-3H3,(H,33,36,37). The third-order valence-electron chi connectivity index (χ3n) is 6.39. The van der Waals surface area contributed by atoms with Gasteiger partial charge in [-0.3, -0.25) is 14.9 Å². The lowest BCUT2D eigenvalue weighted by atomic mass is 10.0. The molecule has 0 bridgehead atoms. The van der Waals surface area contributed by atoms with Crippen LogP contribution < -0.4 is 14.8 Å². The number of amides is 1. The zero-order chi connectivity index (χ0) is 31.1. The molecule has 5 aromatic rings. The number of benzene rings is 3. The van der Waals surface area contributed by atoms with E-state index in [4.69, 9.17) is 28.9 Å². The summed E-state index contributed by atoms with van der Waals surface area (Å²) in [6.07, 6.45) is 0.00181. The van der Waals surface area contributed by atoms with Gasteiger partial charge in [-0.2, -0.15) is 0 Å². The summed E-state index contributed by atoms with van der Waals surface area (Å²) in [6.45, 7) is 1.47. The number of esters is 2. The molecule has 0 aliphatic rings. The Morgan fingerprint density at radius 2 is 1.39 bits per heavy atom. The highest BCUT2D eigenvalue weighted by molar-refractivity contribution is 7.13. The smallest absolute Gasteiger partial charge is 0.338 e. The Morgan fingerprint density at radius 3 is 1.98 bits per heavy atom. The molecule has 2 aromatic heterocycles. The minimum absolute atomic E-state index is 0.00181. The second-order valence-electron chi connectivity index (χ2n) is 9.33. The molecular weight excluding hydrogens is 584 g/mol. The summed E-state index contributed by atoms with van der Waals surface area (Å²) in [5.41, 5.74) is 4.65. The van der Waals surface area contributed by atoms with Gasteiger partial charge < -0.3 is 18.9 Å². The Morgan fingerprint density at radius 1 is 0.773 bits per heavy atom. The number of ether oxygens (including phenoxy) is 4. The van der Waals surface area contributed by atoms with Gasteiger partial charge in [-0.25, -0.2) is 19.7 Å². The van der Waals surface area contributed by atoms with Crippen molar-refractivity contribution in [1.29, 1.82) is 0 Å². The molecule has 2 heterocycles. The van der Waals surface area contributed by atoms with Gasteiger partial charge in [0.1, 0.15) is 11.5 Å². The van der Waals surface area contributed by atoms with Gasteiger partial charge in [0.05, 0.1) is 60.9 Å². The zero-order valence-electron chi connectivity index (χ0n) is 24.2. The molecule has 0 spiro atoms. The fraction of sp³-hybridized carbons (Fsp3) is 0.188. The highest BCUT2D eigenvalue weighted by Crippen LogP contribution is 2.33. The van der Waals surface area contributed by atoms with Crippen molar-refractivity contribution in [2.45, 2.75) is 13.3 Å². The Bertz CT molecular complexity index is 1800. The lowest BCUT2D eigenvalue weighted by Crippen LogP contribution is -2.21. The van der Waals surface area contributed by atoms with Crippen molar-refractivity contribution in [1.82, 2.24) is 15.0 Å². The highest BCUT2D eigenvalue weighted by atomic mass is 32.1. The molecule has 0 aliphatic carbocycles. The van der Waals surface area contributed by atoms with E-state index in [1.54, 1.807) is 44.7 Å². The van der Waals surface area contributed by atoms with Crippen LogP contribution in [0.2, 0.25) is 0 Å². The van der Waals surface area contributed by atoms with E-state index < -0.39 is 24.5 Å². The Balaban J connectivity index is 1.34. The van der Waals surface area contributed by atoms with E-state index >= 15 is 0 Å². The molecule has 1 amide bonds. The van der Waals surface area contributed by atoms with Gasteiger partial charge in [-0.15, -0.1) is 11.3 Å². The molecule has 3 aromatic carbocycles. The molecular formula is C32H28N4O7S. The molecule has 0 aliphatic heterocycles. The molecule has 0 atom stereocenters. The second-order valence-corrected chi connectivity index (χ2v) is 10.2. The van der Waals surface area contributed by atoms with Crippen LogP contribution in [-0.2, 0) is 25.5 Å². The van der Waals surface area contributed by atoms with Gasteiger partial charge in [0.2, 0.25) is 0 Å². The first-order chi connectivity index (χ1) is 21.4. The van der Waals surface area contributed by atoms with E-state index in [-0.39, 0.29) is 23.7 Å². The van der Waals surface area contributed by atoms with Crippen molar-refractivity contribution in [3.63, 3.8) is 0 Å². The molecule has 1 N–H and O–H groups in total. The fourth-order valence-electron chi connectivity index (χ4n) is 4.26. The number of fused-ring (bicyclic) bond motifs is 1. The number of rotatable bonds is 11. The quantitative estimate of drug-likeness (QED) is 0.195. The maximum atomic E-state index is 12.9. The summed E-state index contributed by atoms with van der Waals surface area (Å²) >= 11 is 1.15. The van der Waals surface area contributed by atoms with Crippen molar-refractivity contribution < 1.29 is 33.3 Å². The minimum Gasteiger partial charge on any atom is -0.497 e. The van der Waals surface area contributed by atoms with Crippen LogP contribution in [-0.4, -0.2) is 60.2 Å². The number of carbonyl (C=O) groups excluding carboxylic acids is 3. The summed E-state index contributed by atoms with van der Waals surface area (Å²) in [5.74, 6) is -0.249. The third kappa shape index (κ3) is 7.16. The van der Waals surface area contributed by atoms with Crippen LogP contribution in [0.1, 0.15) is 23.0 Å². The summed E-state index contributed by atoms with van der Waals surface area (Å²) in [6, 6.07) is 19.8. The average molecular weight is 613 g/mol. The van der Waals surface area contributed by atoms with Crippen LogP contribution >= 0.6 is 11.3 Å². The molecule has 11 nitrogen and oxygen atoms in total. The monoisotopic (exact) mass is 612 g/mol. The van der Waals surface area contributed by atoms with E-state index in [0.29, 0.717) is 33.9 Å². The summed E-state index contributed by atoms with van der Waals surface area (Å²) in [4.78, 5) is 50.9. The summed E-state index contributed by atoms with van der Waals surface area (Å²) in [5, 5.41) is 4.50. The van der Waals surface area contributed by atoms with Crippen molar-refractivity contribution in [3.05, 3.63) is 83.4 Å². The number of nitrogens with zero attached hydrogens (tertiary/aromatic N) is 3. The predicted octanol–water partition coefficient (Wildman–Crippen LogP) is 5.34. The van der Waals surface area contributed by atoms with E-state index in [2.05, 4.69) is 10.3 Å². The van der Waals surface area contributed by atoms with Gasteiger partial charge in [0.15, 0.2) is 11.7 Å². The van der Waals surface area contributed by atoms with Crippen molar-refractivity contribution in [3.8, 4) is 34.0 Å². The Labute approximate surface area is 256 Å². The largest absolute Gasteiger partial charge is 0.497 e. The van der Waals surface area contributed by atoms with Crippen LogP contribution in [0, 0.1) is 0 Å². The number of anilines is 1. The number of thiazole rings is 1. The number of hydrogen-bond acceptors (Lipinski definition) is 11. The van der Waals surface area contributed by atoms with Gasteiger partial charge >= 0.3 is 11.9 Å². The lowest BCUT2D eigenvalue weighted by Gasteiger charge is -2.12. The zero-order valence-corrected chi connectivity index (χ0v) is 25.0. The van der Waals surface area contributed by atoms with Crippen molar-refractivity contribution >= 4 is 45.3 Å². The van der Waals surface area contributed by atoms with Crippen LogP contribution in [0.15, 0.2) is 72.1 Å². The molecule has 12 heteroatoms. The minimum atomic E-state index is -0.698. The maximum absolute atomic E-state index is 12.9. The van der Waals surface area contributed by atoms with Gasteiger partial charge in [-0.05, 0) is 73.7 Å². The molecule has 44 heavy (non-hydrogen) atoms. The molecule has 224 valence electrons. The van der Waals surface area contributed by atoms with Crippen LogP contribution in [0.25, 0.3) is 33.5 Å². The Kier molecular flexibility index (Phi) is 9.40. The number of carbonyl (C=O) groups is 3. The number of nitrogens with one attached hydrogen (secondary N) is 1. The second kappa shape index (κ2) is 13.7. The van der Waals surface area contributed by atoms with E-state index in [1.165, 1.54) is 0 Å². The molecule has 5 rings (SSSR count). The summed E-state index contributed by atoms with van der Waals surface area (Å²) < 4.78 is 20.8. The molecule has 0 unspecified atom stereocenters. The summed E-state index contributed by atoms with van der Waals surface area (Å²) in [7, 11) is 3.20. The topological polar surface area (TPSA) is 139 Å². The maximum Gasteiger partial charge on any atom is 0.338 e. The van der Waals surface area contributed by atoms with Crippen LogP contribution in [0.3, 0.4) is 0 Å². The van der Waals surface area contributed by atoms with Gasteiger partial charge in [0, 0.05) is 16.5 Å².